The maximum atomic E-state index is 12.7. The molecular formula is C31H38ClNO6. The molecule has 3 aromatic carbocycles. The van der Waals surface area contributed by atoms with E-state index in [1.54, 1.807) is 45.6 Å². The fourth-order valence-electron chi connectivity index (χ4n) is 4.59. The largest absolute Gasteiger partial charge is 0.493 e. The Morgan fingerprint density at radius 2 is 1.54 bits per heavy atom. The van der Waals surface area contributed by atoms with E-state index in [0.29, 0.717) is 53.2 Å². The van der Waals surface area contributed by atoms with Crippen molar-refractivity contribution in [2.75, 3.05) is 27.9 Å². The number of carbonyl (C=O) groups is 1. The predicted octanol–water partition coefficient (Wildman–Crippen LogP) is 6.80. The lowest BCUT2D eigenvalue weighted by Gasteiger charge is -2.35. The van der Waals surface area contributed by atoms with E-state index >= 15 is 0 Å². The Hall–Kier alpha value is -3.42. The summed E-state index contributed by atoms with van der Waals surface area (Å²) >= 11 is 6.27. The normalized spacial score (nSPS) is 12.6. The third-order valence-electron chi connectivity index (χ3n) is 6.62. The number of nitrogens with zero attached hydrogens (tertiary/aromatic N) is 1. The van der Waals surface area contributed by atoms with Gasteiger partial charge in [-0.25, -0.2) is 0 Å². The van der Waals surface area contributed by atoms with Gasteiger partial charge in [-0.1, -0.05) is 49.2 Å². The maximum Gasteiger partial charge on any atom is 0.325 e. The molecule has 0 saturated heterocycles. The van der Waals surface area contributed by atoms with Gasteiger partial charge in [0.1, 0.15) is 6.04 Å². The number of benzene rings is 3. The number of hydrogen-bond donors (Lipinski definition) is 1. The number of hydrogen-bond acceptors (Lipinski definition) is 6. The molecule has 0 spiro atoms. The van der Waals surface area contributed by atoms with E-state index in [0.717, 1.165) is 24.0 Å². The van der Waals surface area contributed by atoms with Crippen LogP contribution in [0.3, 0.4) is 0 Å². The summed E-state index contributed by atoms with van der Waals surface area (Å²) in [5, 5.41) is 10.9. The minimum atomic E-state index is -0.956. The number of ether oxygens (including phenoxy) is 4. The molecule has 7 nitrogen and oxygen atoms in total. The summed E-state index contributed by atoms with van der Waals surface area (Å²) in [4.78, 5) is 14.7. The van der Waals surface area contributed by atoms with Gasteiger partial charge in [0, 0.05) is 17.6 Å². The van der Waals surface area contributed by atoms with Gasteiger partial charge < -0.3 is 24.1 Å². The highest BCUT2D eigenvalue weighted by atomic mass is 35.5. The van der Waals surface area contributed by atoms with E-state index in [1.165, 1.54) is 0 Å². The van der Waals surface area contributed by atoms with Crippen molar-refractivity contribution >= 4 is 17.6 Å². The van der Waals surface area contributed by atoms with Crippen LogP contribution in [0.4, 0.5) is 0 Å². The minimum Gasteiger partial charge on any atom is -0.493 e. The highest BCUT2D eigenvalue weighted by Crippen LogP contribution is 2.34. The van der Waals surface area contributed by atoms with Crippen molar-refractivity contribution in [3.63, 3.8) is 0 Å². The van der Waals surface area contributed by atoms with Gasteiger partial charge >= 0.3 is 5.97 Å². The molecule has 0 bridgehead atoms. The van der Waals surface area contributed by atoms with Gasteiger partial charge in [0.05, 0.1) is 27.9 Å². The first-order chi connectivity index (χ1) is 18.8. The molecule has 1 N–H and O–H groups in total. The molecule has 0 aliphatic carbocycles. The second-order valence-corrected chi connectivity index (χ2v) is 9.83. The average molecular weight is 556 g/mol. The van der Waals surface area contributed by atoms with E-state index in [1.807, 2.05) is 48.2 Å². The van der Waals surface area contributed by atoms with Crippen LogP contribution < -0.4 is 18.9 Å². The zero-order chi connectivity index (χ0) is 28.4. The lowest BCUT2D eigenvalue weighted by molar-refractivity contribution is -0.145. The summed E-state index contributed by atoms with van der Waals surface area (Å²) in [5.41, 5.74) is 2.51. The fraction of sp³-hybridized carbons (Fsp3) is 0.387. The molecule has 2 atom stereocenters. The topological polar surface area (TPSA) is 77.5 Å². The number of methoxy groups -OCH3 is 3. The number of unbranched alkanes of at least 4 members (excludes halogenated alkanes) is 1. The highest BCUT2D eigenvalue weighted by Gasteiger charge is 2.32. The molecule has 3 aromatic rings. The van der Waals surface area contributed by atoms with Crippen molar-refractivity contribution in [1.82, 2.24) is 4.90 Å². The van der Waals surface area contributed by atoms with Crippen LogP contribution >= 0.6 is 11.6 Å². The Kier molecular flexibility index (Phi) is 11.3. The zero-order valence-corrected chi connectivity index (χ0v) is 24.0. The average Bonchev–Trinajstić information content (AvgIpc) is 2.93. The number of rotatable bonds is 15. The second kappa shape index (κ2) is 14.7. The van der Waals surface area contributed by atoms with Crippen molar-refractivity contribution < 1.29 is 28.8 Å². The van der Waals surface area contributed by atoms with Crippen LogP contribution in [0, 0.1) is 0 Å². The Morgan fingerprint density at radius 1 is 0.897 bits per heavy atom. The molecule has 0 radical (unpaired) electrons. The Morgan fingerprint density at radius 3 is 2.18 bits per heavy atom. The predicted molar refractivity (Wildman–Crippen MR) is 153 cm³/mol. The first-order valence-corrected chi connectivity index (χ1v) is 13.4. The first kappa shape index (κ1) is 30.1. The van der Waals surface area contributed by atoms with Crippen molar-refractivity contribution in [2.24, 2.45) is 0 Å². The molecule has 0 amide bonds. The van der Waals surface area contributed by atoms with Crippen LogP contribution in [-0.4, -0.2) is 50.0 Å². The van der Waals surface area contributed by atoms with E-state index in [9.17, 15) is 9.90 Å². The Labute approximate surface area is 236 Å². The fourth-order valence-corrected chi connectivity index (χ4v) is 4.79. The van der Waals surface area contributed by atoms with Crippen LogP contribution in [0.2, 0.25) is 5.02 Å². The van der Waals surface area contributed by atoms with Crippen molar-refractivity contribution in [2.45, 2.75) is 51.7 Å². The standard InChI is InChI=1S/C31H38ClNO6/c1-6-7-15-39-27-14-12-23(18-29(27)38-5)20-33(30(31(34)35)24-9-8-10-25(32)19-24)21(2)16-22-11-13-26(36-3)28(17-22)37-4/h8-14,17-19,21,30H,6-7,15-16,20H2,1-5H3,(H,34,35). The molecule has 0 aliphatic rings. The SMILES string of the molecule is CCCCOc1ccc(CN(C(C)Cc2ccc(OC)c(OC)c2)C(C(=O)O)c2cccc(Cl)c2)cc1OC. The van der Waals surface area contributed by atoms with Gasteiger partial charge in [-0.2, -0.15) is 0 Å². The summed E-state index contributed by atoms with van der Waals surface area (Å²) in [5.74, 6) is 1.60. The molecule has 0 saturated carbocycles. The molecule has 0 aliphatic heterocycles. The second-order valence-electron chi connectivity index (χ2n) is 9.40. The van der Waals surface area contributed by atoms with Crippen LogP contribution in [0.25, 0.3) is 0 Å². The van der Waals surface area contributed by atoms with Crippen molar-refractivity contribution in [3.05, 3.63) is 82.4 Å². The number of carboxylic acids is 1. The quantitative estimate of drug-likeness (QED) is 0.206. The molecule has 210 valence electrons. The van der Waals surface area contributed by atoms with E-state index in [2.05, 4.69) is 6.92 Å². The molecule has 0 aromatic heterocycles. The van der Waals surface area contributed by atoms with Crippen molar-refractivity contribution in [3.8, 4) is 23.0 Å². The molecule has 39 heavy (non-hydrogen) atoms. The summed E-state index contributed by atoms with van der Waals surface area (Å²) in [7, 11) is 4.80. The first-order valence-electron chi connectivity index (χ1n) is 13.1. The molecule has 0 fully saturated rings. The summed E-state index contributed by atoms with van der Waals surface area (Å²) in [6.45, 7) is 5.11. The van der Waals surface area contributed by atoms with Gasteiger partial charge in [0.15, 0.2) is 23.0 Å². The van der Waals surface area contributed by atoms with Gasteiger partial charge in [0.25, 0.3) is 0 Å². The monoisotopic (exact) mass is 555 g/mol. The molecule has 2 unspecified atom stereocenters. The zero-order valence-electron chi connectivity index (χ0n) is 23.3. The van der Waals surface area contributed by atoms with Gasteiger partial charge in [-0.15, -0.1) is 0 Å². The van der Waals surface area contributed by atoms with Gasteiger partial charge in [0.2, 0.25) is 0 Å². The smallest absolute Gasteiger partial charge is 0.325 e. The Balaban J connectivity index is 1.98. The van der Waals surface area contributed by atoms with Crippen LogP contribution in [-0.2, 0) is 17.8 Å². The third-order valence-corrected chi connectivity index (χ3v) is 6.86. The maximum absolute atomic E-state index is 12.7. The number of aliphatic carboxylic acids is 1. The van der Waals surface area contributed by atoms with Crippen LogP contribution in [0.5, 0.6) is 23.0 Å². The summed E-state index contributed by atoms with van der Waals surface area (Å²) in [6.07, 6.45) is 2.57. The van der Waals surface area contributed by atoms with Gasteiger partial charge in [-0.05, 0) is 72.9 Å². The van der Waals surface area contributed by atoms with E-state index < -0.39 is 12.0 Å². The van der Waals surface area contributed by atoms with Crippen molar-refractivity contribution in [1.29, 1.82) is 0 Å². The highest BCUT2D eigenvalue weighted by molar-refractivity contribution is 6.30. The van der Waals surface area contributed by atoms with Crippen LogP contribution in [0.1, 0.15) is 49.4 Å². The molecule has 3 rings (SSSR count). The number of carboxylic acid groups (broad SMARTS) is 1. The summed E-state index contributed by atoms with van der Waals surface area (Å²) < 4.78 is 22.4. The van der Waals surface area contributed by atoms with E-state index in [-0.39, 0.29) is 6.04 Å². The van der Waals surface area contributed by atoms with Gasteiger partial charge in [-0.3, -0.25) is 9.69 Å². The molecular weight excluding hydrogens is 518 g/mol. The van der Waals surface area contributed by atoms with Crippen LogP contribution in [0.15, 0.2) is 60.7 Å². The minimum absolute atomic E-state index is 0.172. The number of halogens is 1. The summed E-state index contributed by atoms with van der Waals surface area (Å²) in [6, 6.07) is 17.4. The Bertz CT molecular complexity index is 1230. The molecule has 8 heteroatoms. The lowest BCUT2D eigenvalue weighted by atomic mass is 9.98. The molecule has 0 heterocycles. The van der Waals surface area contributed by atoms with E-state index in [4.69, 9.17) is 30.5 Å². The third kappa shape index (κ3) is 8.04. The lowest BCUT2D eigenvalue weighted by Crippen LogP contribution is -2.41.